The lowest BCUT2D eigenvalue weighted by Gasteiger charge is -2.25. The average Bonchev–Trinajstić information content (AvgIpc) is 2.21. The molecule has 0 bridgehead atoms. The van der Waals surface area contributed by atoms with Crippen molar-refractivity contribution < 1.29 is 8.42 Å². The summed E-state index contributed by atoms with van der Waals surface area (Å²) in [4.78, 5) is 0. The quantitative estimate of drug-likeness (QED) is 0.879. The van der Waals surface area contributed by atoms with Crippen LogP contribution in [-0.4, -0.2) is 26.0 Å². The maximum Gasteiger partial charge on any atom is 0.152 e. The molecule has 0 aromatic heterocycles. The summed E-state index contributed by atoms with van der Waals surface area (Å²) >= 11 is 0. The van der Waals surface area contributed by atoms with Crippen molar-refractivity contribution >= 4 is 15.5 Å². The van der Waals surface area contributed by atoms with Crippen molar-refractivity contribution in [3.05, 3.63) is 29.3 Å². The first-order chi connectivity index (χ1) is 7.96. The summed E-state index contributed by atoms with van der Waals surface area (Å²) < 4.78 is 23.1. The molecule has 3 nitrogen and oxygen atoms in total. The minimum Gasteiger partial charge on any atom is -0.381 e. The largest absolute Gasteiger partial charge is 0.381 e. The van der Waals surface area contributed by atoms with E-state index in [1.54, 1.807) is 0 Å². The maximum atomic E-state index is 11.6. The van der Waals surface area contributed by atoms with Gasteiger partial charge in [-0.05, 0) is 38.3 Å². The fraction of sp³-hybridized carbons (Fsp3) is 0.538. The third-order valence-electron chi connectivity index (χ3n) is 3.20. The van der Waals surface area contributed by atoms with E-state index in [2.05, 4.69) is 18.3 Å². The van der Waals surface area contributed by atoms with Gasteiger partial charge >= 0.3 is 0 Å². The molecule has 0 spiro atoms. The van der Waals surface area contributed by atoms with E-state index in [4.69, 9.17) is 0 Å². The van der Waals surface area contributed by atoms with Crippen LogP contribution >= 0.6 is 0 Å². The van der Waals surface area contributed by atoms with Gasteiger partial charge in [0.2, 0.25) is 0 Å². The molecule has 1 fully saturated rings. The van der Waals surface area contributed by atoms with E-state index >= 15 is 0 Å². The van der Waals surface area contributed by atoms with Gasteiger partial charge in [-0.1, -0.05) is 17.7 Å². The SMILES string of the molecule is Cc1ccc(NC2CCCS(=O)(=O)C2)c(C)c1. The van der Waals surface area contributed by atoms with E-state index in [0.717, 1.165) is 18.5 Å². The Bertz CT molecular complexity index is 508. The molecular weight excluding hydrogens is 234 g/mol. The van der Waals surface area contributed by atoms with Gasteiger partial charge in [0.15, 0.2) is 9.84 Å². The Labute approximate surface area is 103 Å². The summed E-state index contributed by atoms with van der Waals surface area (Å²) in [5.74, 6) is 0.610. The molecule has 0 aliphatic carbocycles. The minimum atomic E-state index is -2.84. The van der Waals surface area contributed by atoms with E-state index in [9.17, 15) is 8.42 Å². The molecule has 1 aromatic rings. The third kappa shape index (κ3) is 3.22. The zero-order chi connectivity index (χ0) is 12.5. The molecule has 1 heterocycles. The standard InChI is InChI=1S/C13H19NO2S/c1-10-5-6-13(11(2)8-10)14-12-4-3-7-17(15,16)9-12/h5-6,8,12,14H,3-4,7,9H2,1-2H3. The van der Waals surface area contributed by atoms with Crippen LogP contribution in [0.3, 0.4) is 0 Å². The van der Waals surface area contributed by atoms with Crippen molar-refractivity contribution in [3.8, 4) is 0 Å². The highest BCUT2D eigenvalue weighted by molar-refractivity contribution is 7.91. The summed E-state index contributed by atoms with van der Waals surface area (Å²) in [5.41, 5.74) is 3.45. The van der Waals surface area contributed by atoms with Crippen LogP contribution in [0, 0.1) is 13.8 Å². The molecule has 0 amide bonds. The molecule has 1 atom stereocenters. The Morgan fingerprint density at radius 2 is 2.06 bits per heavy atom. The molecule has 1 aromatic carbocycles. The first-order valence-corrected chi connectivity index (χ1v) is 7.83. The normalized spacial score (nSPS) is 23.3. The second-order valence-electron chi connectivity index (χ2n) is 4.92. The fourth-order valence-electron chi connectivity index (χ4n) is 2.33. The highest BCUT2D eigenvalue weighted by atomic mass is 32.2. The third-order valence-corrected chi connectivity index (χ3v) is 5.03. The lowest BCUT2D eigenvalue weighted by molar-refractivity contribution is 0.562. The first-order valence-electron chi connectivity index (χ1n) is 6.00. The molecule has 17 heavy (non-hydrogen) atoms. The monoisotopic (exact) mass is 253 g/mol. The van der Waals surface area contributed by atoms with Gasteiger partial charge in [-0.2, -0.15) is 0 Å². The predicted molar refractivity (Wildman–Crippen MR) is 71.2 cm³/mol. The lowest BCUT2D eigenvalue weighted by Crippen LogP contribution is -2.34. The Hall–Kier alpha value is -1.03. The van der Waals surface area contributed by atoms with Crippen LogP contribution in [0.2, 0.25) is 0 Å². The molecule has 1 unspecified atom stereocenters. The number of hydrogen-bond acceptors (Lipinski definition) is 3. The van der Waals surface area contributed by atoms with Gasteiger partial charge in [0.1, 0.15) is 0 Å². The average molecular weight is 253 g/mol. The van der Waals surface area contributed by atoms with Crippen LogP contribution in [0.15, 0.2) is 18.2 Å². The van der Waals surface area contributed by atoms with E-state index in [1.807, 2.05) is 19.1 Å². The number of rotatable bonds is 2. The Morgan fingerprint density at radius 1 is 1.29 bits per heavy atom. The molecular formula is C13H19NO2S. The van der Waals surface area contributed by atoms with Gasteiger partial charge in [0.05, 0.1) is 11.5 Å². The molecule has 1 aliphatic heterocycles. The Kier molecular flexibility index (Phi) is 3.43. The number of anilines is 1. The Morgan fingerprint density at radius 3 is 2.71 bits per heavy atom. The number of sulfone groups is 1. The summed E-state index contributed by atoms with van der Waals surface area (Å²) in [6, 6.07) is 6.26. The number of nitrogens with one attached hydrogen (secondary N) is 1. The Balaban J connectivity index is 2.10. The van der Waals surface area contributed by atoms with E-state index in [1.165, 1.54) is 11.1 Å². The van der Waals surface area contributed by atoms with Crippen molar-refractivity contribution in [2.24, 2.45) is 0 Å². The number of aryl methyl sites for hydroxylation is 2. The lowest BCUT2D eigenvalue weighted by atomic mass is 10.1. The van der Waals surface area contributed by atoms with Crippen molar-refractivity contribution in [1.29, 1.82) is 0 Å². The van der Waals surface area contributed by atoms with Crippen LogP contribution in [0.25, 0.3) is 0 Å². The maximum absolute atomic E-state index is 11.6. The van der Waals surface area contributed by atoms with Crippen molar-refractivity contribution in [3.63, 3.8) is 0 Å². The summed E-state index contributed by atoms with van der Waals surface area (Å²) in [6.45, 7) is 4.11. The highest BCUT2D eigenvalue weighted by Gasteiger charge is 2.24. The van der Waals surface area contributed by atoms with Gasteiger partial charge in [-0.25, -0.2) is 8.42 Å². The molecule has 2 rings (SSSR count). The van der Waals surface area contributed by atoms with Crippen LogP contribution in [-0.2, 0) is 9.84 Å². The van der Waals surface area contributed by atoms with E-state index < -0.39 is 9.84 Å². The molecule has 0 saturated carbocycles. The van der Waals surface area contributed by atoms with Crippen molar-refractivity contribution in [1.82, 2.24) is 0 Å². The highest BCUT2D eigenvalue weighted by Crippen LogP contribution is 2.21. The van der Waals surface area contributed by atoms with Crippen LogP contribution < -0.4 is 5.32 Å². The van der Waals surface area contributed by atoms with Crippen LogP contribution in [0.1, 0.15) is 24.0 Å². The number of benzene rings is 1. The topological polar surface area (TPSA) is 46.2 Å². The van der Waals surface area contributed by atoms with Gasteiger partial charge < -0.3 is 5.32 Å². The number of hydrogen-bond donors (Lipinski definition) is 1. The molecule has 1 aliphatic rings. The minimum absolute atomic E-state index is 0.0650. The fourth-order valence-corrected chi connectivity index (χ4v) is 3.97. The van der Waals surface area contributed by atoms with Gasteiger partial charge in [0, 0.05) is 11.7 Å². The van der Waals surface area contributed by atoms with Crippen molar-refractivity contribution in [2.75, 3.05) is 16.8 Å². The first kappa shape index (κ1) is 12.4. The predicted octanol–water partition coefficient (Wildman–Crippen LogP) is 2.29. The molecule has 94 valence electrons. The smallest absolute Gasteiger partial charge is 0.152 e. The zero-order valence-corrected chi connectivity index (χ0v) is 11.2. The molecule has 0 radical (unpaired) electrons. The molecule has 4 heteroatoms. The second-order valence-corrected chi connectivity index (χ2v) is 7.14. The van der Waals surface area contributed by atoms with Gasteiger partial charge in [-0.15, -0.1) is 0 Å². The van der Waals surface area contributed by atoms with Crippen molar-refractivity contribution in [2.45, 2.75) is 32.7 Å². The van der Waals surface area contributed by atoms with Gasteiger partial charge in [-0.3, -0.25) is 0 Å². The zero-order valence-electron chi connectivity index (χ0n) is 10.4. The van der Waals surface area contributed by atoms with E-state index in [-0.39, 0.29) is 11.8 Å². The van der Waals surface area contributed by atoms with Crippen LogP contribution in [0.5, 0.6) is 0 Å². The molecule has 1 N–H and O–H groups in total. The summed E-state index contributed by atoms with van der Waals surface area (Å²) in [7, 11) is -2.84. The van der Waals surface area contributed by atoms with Crippen LogP contribution in [0.4, 0.5) is 5.69 Å². The van der Waals surface area contributed by atoms with E-state index in [0.29, 0.717) is 5.75 Å². The summed E-state index contributed by atoms with van der Waals surface area (Å²) in [5, 5.41) is 3.35. The summed E-state index contributed by atoms with van der Waals surface area (Å²) in [6.07, 6.45) is 1.71. The second kappa shape index (κ2) is 4.69. The molecule has 1 saturated heterocycles. The van der Waals surface area contributed by atoms with Gasteiger partial charge in [0.25, 0.3) is 0 Å².